The van der Waals surface area contributed by atoms with Crippen LogP contribution in [0, 0.1) is 0 Å². The van der Waals surface area contributed by atoms with Crippen molar-refractivity contribution in [1.29, 1.82) is 0 Å². The molecule has 1 aliphatic carbocycles. The van der Waals surface area contributed by atoms with E-state index in [-0.39, 0.29) is 5.75 Å². The van der Waals surface area contributed by atoms with Gasteiger partial charge in [-0.25, -0.2) is 9.97 Å². The van der Waals surface area contributed by atoms with Gasteiger partial charge in [-0.05, 0) is 63.3 Å². The van der Waals surface area contributed by atoms with Crippen LogP contribution in [-0.2, 0) is 4.74 Å². The Labute approximate surface area is 188 Å². The maximum atomic E-state index is 9.79. The average molecular weight is 434 g/mol. The molecule has 2 aliphatic rings. The van der Waals surface area contributed by atoms with Gasteiger partial charge in [0.25, 0.3) is 0 Å². The summed E-state index contributed by atoms with van der Waals surface area (Å²) in [4.78, 5) is 15.7. The number of rotatable bonds is 4. The van der Waals surface area contributed by atoms with E-state index in [9.17, 15) is 5.11 Å². The van der Waals surface area contributed by atoms with Gasteiger partial charge >= 0.3 is 0 Å². The number of fused-ring (bicyclic) bond motifs is 1. The van der Waals surface area contributed by atoms with Crippen molar-refractivity contribution in [3.63, 3.8) is 0 Å². The van der Waals surface area contributed by atoms with E-state index in [0.29, 0.717) is 24.3 Å². The molecule has 0 spiro atoms. The quantitative estimate of drug-likeness (QED) is 0.637. The summed E-state index contributed by atoms with van der Waals surface area (Å²) >= 11 is 0. The number of anilines is 1. The van der Waals surface area contributed by atoms with Crippen molar-refractivity contribution in [2.24, 2.45) is 0 Å². The number of benzene rings is 1. The van der Waals surface area contributed by atoms with E-state index < -0.39 is 0 Å². The van der Waals surface area contributed by atoms with E-state index in [1.54, 1.807) is 18.6 Å². The number of aromatic nitrogens is 3. The maximum absolute atomic E-state index is 9.79. The van der Waals surface area contributed by atoms with Crippen LogP contribution >= 0.6 is 0 Å². The van der Waals surface area contributed by atoms with Gasteiger partial charge in [0.05, 0.1) is 23.9 Å². The Morgan fingerprint density at radius 2 is 1.75 bits per heavy atom. The molecule has 2 N–H and O–H groups in total. The minimum Gasteiger partial charge on any atom is -0.506 e. The van der Waals surface area contributed by atoms with Crippen molar-refractivity contribution in [3.05, 3.63) is 43.0 Å². The van der Waals surface area contributed by atoms with Gasteiger partial charge in [-0.15, -0.1) is 0 Å². The predicted octanol–water partition coefficient (Wildman–Crippen LogP) is 4.23. The Morgan fingerprint density at radius 1 is 0.969 bits per heavy atom. The number of hydrogen-bond acceptors (Lipinski definition) is 7. The number of aromatic hydroxyl groups is 1. The van der Waals surface area contributed by atoms with Crippen LogP contribution in [0.5, 0.6) is 5.75 Å². The maximum Gasteiger partial charge on any atom is 0.137 e. The van der Waals surface area contributed by atoms with E-state index in [1.807, 2.05) is 12.1 Å². The summed E-state index contributed by atoms with van der Waals surface area (Å²) in [7, 11) is 0. The summed E-state index contributed by atoms with van der Waals surface area (Å²) < 4.78 is 5.91. The fraction of sp³-hybridized carbons (Fsp3) is 0.480. The second-order valence-electron chi connectivity index (χ2n) is 9.25. The second kappa shape index (κ2) is 9.00. The molecule has 7 heteroatoms. The zero-order valence-electron chi connectivity index (χ0n) is 18.7. The number of nitrogens with one attached hydrogen (secondary N) is 1. The van der Waals surface area contributed by atoms with Crippen LogP contribution in [0.2, 0.25) is 0 Å². The summed E-state index contributed by atoms with van der Waals surface area (Å²) in [5.41, 5.74) is 2.76. The molecule has 3 heterocycles. The number of morpholine rings is 1. The third-order valence-electron chi connectivity index (χ3n) is 6.69. The van der Waals surface area contributed by atoms with E-state index in [2.05, 4.69) is 45.1 Å². The van der Waals surface area contributed by atoms with Crippen molar-refractivity contribution in [2.75, 3.05) is 18.4 Å². The van der Waals surface area contributed by atoms with E-state index in [4.69, 9.17) is 4.74 Å². The van der Waals surface area contributed by atoms with E-state index in [1.165, 1.54) is 19.0 Å². The van der Waals surface area contributed by atoms with Gasteiger partial charge in [0.1, 0.15) is 17.9 Å². The molecule has 32 heavy (non-hydrogen) atoms. The summed E-state index contributed by atoms with van der Waals surface area (Å²) in [5, 5.41) is 14.5. The van der Waals surface area contributed by atoms with Crippen LogP contribution in [0.15, 0.2) is 43.0 Å². The minimum absolute atomic E-state index is 0.158. The van der Waals surface area contributed by atoms with Gasteiger partial charge in [-0.3, -0.25) is 9.88 Å². The number of pyridine rings is 1. The smallest absolute Gasteiger partial charge is 0.137 e. The highest BCUT2D eigenvalue weighted by atomic mass is 16.5. The molecule has 0 unspecified atom stereocenters. The Balaban J connectivity index is 1.30. The van der Waals surface area contributed by atoms with Crippen molar-refractivity contribution in [1.82, 2.24) is 19.9 Å². The number of nitrogens with zero attached hydrogens (tertiary/aromatic N) is 4. The summed E-state index contributed by atoms with van der Waals surface area (Å²) in [6.45, 7) is 6.43. The van der Waals surface area contributed by atoms with Gasteiger partial charge in [0.2, 0.25) is 0 Å². The van der Waals surface area contributed by atoms with E-state index in [0.717, 1.165) is 53.8 Å². The summed E-state index contributed by atoms with van der Waals surface area (Å²) in [6.07, 6.45) is 10.1. The van der Waals surface area contributed by atoms with Crippen LogP contribution in [0.25, 0.3) is 22.0 Å². The van der Waals surface area contributed by atoms with Crippen LogP contribution in [0.3, 0.4) is 0 Å². The van der Waals surface area contributed by atoms with Gasteiger partial charge in [0.15, 0.2) is 0 Å². The van der Waals surface area contributed by atoms with Crippen molar-refractivity contribution in [3.8, 4) is 16.9 Å². The molecule has 1 aromatic carbocycles. The molecule has 1 saturated carbocycles. The lowest BCUT2D eigenvalue weighted by Crippen LogP contribution is -2.51. The molecule has 1 saturated heterocycles. The van der Waals surface area contributed by atoms with Crippen LogP contribution in [0.1, 0.15) is 39.5 Å². The topological polar surface area (TPSA) is 83.4 Å². The van der Waals surface area contributed by atoms with Crippen LogP contribution in [-0.4, -0.2) is 62.3 Å². The third-order valence-corrected chi connectivity index (χ3v) is 6.69. The molecular weight excluding hydrogens is 402 g/mol. The Bertz CT molecular complexity index is 1070. The Kier molecular flexibility index (Phi) is 5.93. The lowest BCUT2D eigenvalue weighted by molar-refractivity contribution is -0.0842. The monoisotopic (exact) mass is 433 g/mol. The van der Waals surface area contributed by atoms with Gasteiger partial charge < -0.3 is 15.2 Å². The highest BCUT2D eigenvalue weighted by molar-refractivity contribution is 5.92. The molecular formula is C25H31N5O2. The first kappa shape index (κ1) is 21.1. The molecule has 1 aliphatic heterocycles. The molecule has 0 bridgehead atoms. The SMILES string of the molecule is C[C@@H]1CN([C@H]2CC[C@H](Nc3ncnc4ccc(-c5cncc(O)c5)cc34)CC2)C[C@H](C)O1. The normalized spacial score (nSPS) is 26.8. The first-order chi connectivity index (χ1) is 15.5. The van der Waals surface area contributed by atoms with Gasteiger partial charge in [-0.2, -0.15) is 0 Å². The molecule has 2 aromatic heterocycles. The molecule has 5 rings (SSSR count). The standard InChI is InChI=1S/C25H31N5O2/c1-16-13-30(14-17(2)32-16)21-6-4-20(5-7-21)29-25-23-10-18(3-8-24(23)27-15-28-25)19-9-22(31)12-26-11-19/h3,8-12,15-17,20-21,31H,4-7,13-14H2,1-2H3,(H,27,28,29)/t16-,17+,20-,21-. The van der Waals surface area contributed by atoms with Crippen molar-refractivity contribution < 1.29 is 9.84 Å². The second-order valence-corrected chi connectivity index (χ2v) is 9.25. The molecule has 168 valence electrons. The molecule has 7 nitrogen and oxygen atoms in total. The van der Waals surface area contributed by atoms with E-state index >= 15 is 0 Å². The minimum atomic E-state index is 0.158. The first-order valence-corrected chi connectivity index (χ1v) is 11.6. The van der Waals surface area contributed by atoms with Gasteiger partial charge in [-0.1, -0.05) is 6.07 Å². The van der Waals surface area contributed by atoms with Crippen molar-refractivity contribution >= 4 is 16.7 Å². The zero-order valence-corrected chi connectivity index (χ0v) is 18.7. The molecule has 0 radical (unpaired) electrons. The van der Waals surface area contributed by atoms with Crippen LogP contribution in [0.4, 0.5) is 5.82 Å². The first-order valence-electron chi connectivity index (χ1n) is 11.6. The molecule has 0 amide bonds. The average Bonchev–Trinajstić information content (AvgIpc) is 2.79. The molecule has 3 aromatic rings. The van der Waals surface area contributed by atoms with Crippen molar-refractivity contribution in [2.45, 2.75) is 63.8 Å². The zero-order chi connectivity index (χ0) is 22.1. The van der Waals surface area contributed by atoms with Gasteiger partial charge in [0, 0.05) is 42.3 Å². The lowest BCUT2D eigenvalue weighted by atomic mass is 9.89. The molecule has 2 atom stereocenters. The lowest BCUT2D eigenvalue weighted by Gasteiger charge is -2.43. The highest BCUT2D eigenvalue weighted by Gasteiger charge is 2.31. The number of hydrogen-bond donors (Lipinski definition) is 2. The third kappa shape index (κ3) is 4.54. The fourth-order valence-corrected chi connectivity index (χ4v) is 5.23. The Morgan fingerprint density at radius 3 is 2.50 bits per heavy atom. The largest absolute Gasteiger partial charge is 0.506 e. The summed E-state index contributed by atoms with van der Waals surface area (Å²) in [6, 6.07) is 8.86. The number of ether oxygens (including phenoxy) is 1. The predicted molar refractivity (Wildman–Crippen MR) is 126 cm³/mol. The fourth-order valence-electron chi connectivity index (χ4n) is 5.23. The van der Waals surface area contributed by atoms with Crippen LogP contribution < -0.4 is 5.32 Å². The Hall–Kier alpha value is -2.77. The molecule has 2 fully saturated rings. The highest BCUT2D eigenvalue weighted by Crippen LogP contribution is 2.31. The summed E-state index contributed by atoms with van der Waals surface area (Å²) in [5.74, 6) is 1.04.